The minimum Gasteiger partial charge on any atom is -0.312 e. The number of sulfone groups is 1. The van der Waals surface area contributed by atoms with E-state index in [4.69, 9.17) is 11.6 Å². The molecule has 0 aromatic carbocycles. The van der Waals surface area contributed by atoms with Crippen molar-refractivity contribution in [1.82, 2.24) is 15.1 Å². The summed E-state index contributed by atoms with van der Waals surface area (Å²) in [5.74, 6) is 0. The average molecular weight is 336 g/mol. The van der Waals surface area contributed by atoms with E-state index in [1.165, 1.54) is 6.26 Å². The number of nitrogens with zero attached hydrogens (tertiary/aromatic N) is 2. The molecule has 122 valence electrons. The van der Waals surface area contributed by atoms with Crippen molar-refractivity contribution in [3.63, 3.8) is 0 Å². The minimum absolute atomic E-state index is 0.168. The van der Waals surface area contributed by atoms with Crippen LogP contribution in [0.25, 0.3) is 0 Å². The Morgan fingerprint density at radius 1 is 1.38 bits per heavy atom. The van der Waals surface area contributed by atoms with E-state index in [1.807, 2.05) is 18.5 Å². The molecule has 0 saturated carbocycles. The second kappa shape index (κ2) is 7.61. The van der Waals surface area contributed by atoms with E-state index in [1.54, 1.807) is 6.92 Å². The molecule has 1 rings (SSSR count). The van der Waals surface area contributed by atoms with Crippen molar-refractivity contribution in [2.45, 2.75) is 58.4 Å². The van der Waals surface area contributed by atoms with Crippen molar-refractivity contribution >= 4 is 21.4 Å². The van der Waals surface area contributed by atoms with Gasteiger partial charge in [0.15, 0.2) is 9.84 Å². The summed E-state index contributed by atoms with van der Waals surface area (Å²) >= 11 is 6.33. The highest BCUT2D eigenvalue weighted by Crippen LogP contribution is 2.23. The van der Waals surface area contributed by atoms with Crippen LogP contribution in [-0.2, 0) is 22.8 Å². The van der Waals surface area contributed by atoms with Crippen LogP contribution in [0.4, 0.5) is 0 Å². The Morgan fingerprint density at radius 2 is 2.00 bits per heavy atom. The van der Waals surface area contributed by atoms with E-state index in [2.05, 4.69) is 17.3 Å². The van der Waals surface area contributed by atoms with Gasteiger partial charge in [0.05, 0.1) is 21.7 Å². The molecule has 1 aromatic rings. The highest BCUT2D eigenvalue weighted by atomic mass is 35.5. The maximum absolute atomic E-state index is 11.9. The lowest BCUT2D eigenvalue weighted by Crippen LogP contribution is -2.44. The molecule has 0 amide bonds. The lowest BCUT2D eigenvalue weighted by atomic mass is 10.1. The lowest BCUT2D eigenvalue weighted by Gasteiger charge is -2.24. The van der Waals surface area contributed by atoms with Gasteiger partial charge in [0, 0.05) is 25.3 Å². The quantitative estimate of drug-likeness (QED) is 0.791. The smallest absolute Gasteiger partial charge is 0.151 e. The molecule has 2 atom stereocenters. The zero-order valence-corrected chi connectivity index (χ0v) is 15.1. The fourth-order valence-electron chi connectivity index (χ4n) is 2.30. The molecule has 5 nitrogen and oxygen atoms in total. The van der Waals surface area contributed by atoms with Crippen molar-refractivity contribution in [3.05, 3.63) is 16.4 Å². The zero-order chi connectivity index (χ0) is 16.2. The van der Waals surface area contributed by atoms with E-state index >= 15 is 0 Å². The highest BCUT2D eigenvalue weighted by Gasteiger charge is 2.28. The van der Waals surface area contributed by atoms with Gasteiger partial charge in [0.25, 0.3) is 0 Å². The number of rotatable bonds is 8. The van der Waals surface area contributed by atoms with E-state index < -0.39 is 15.1 Å². The van der Waals surface area contributed by atoms with Gasteiger partial charge in [0.2, 0.25) is 0 Å². The van der Waals surface area contributed by atoms with Gasteiger partial charge in [-0.25, -0.2) is 8.42 Å². The van der Waals surface area contributed by atoms with Gasteiger partial charge in [-0.05, 0) is 33.7 Å². The maximum Gasteiger partial charge on any atom is 0.151 e. The van der Waals surface area contributed by atoms with Gasteiger partial charge in [-0.1, -0.05) is 18.5 Å². The van der Waals surface area contributed by atoms with E-state index in [0.29, 0.717) is 11.4 Å². The first kappa shape index (κ1) is 18.5. The minimum atomic E-state index is -3.11. The molecule has 0 radical (unpaired) electrons. The van der Waals surface area contributed by atoms with Crippen molar-refractivity contribution in [1.29, 1.82) is 0 Å². The first-order chi connectivity index (χ1) is 9.72. The summed E-state index contributed by atoms with van der Waals surface area (Å²) in [6, 6.07) is -0.168. The van der Waals surface area contributed by atoms with Crippen LogP contribution < -0.4 is 5.32 Å². The Morgan fingerprint density at radius 3 is 2.48 bits per heavy atom. The third-order valence-electron chi connectivity index (χ3n) is 3.76. The van der Waals surface area contributed by atoms with Crippen LogP contribution in [0.15, 0.2) is 0 Å². The van der Waals surface area contributed by atoms with Crippen LogP contribution >= 0.6 is 11.6 Å². The van der Waals surface area contributed by atoms with Crippen molar-refractivity contribution in [3.8, 4) is 0 Å². The molecule has 1 aromatic heterocycles. The summed E-state index contributed by atoms with van der Waals surface area (Å²) in [5, 5.41) is 7.89. The molecule has 0 saturated heterocycles. The number of nitrogens with one attached hydrogen (secondary N) is 1. The standard InChI is InChI=1S/C14H26ClN3O2S/c1-6-8-16-12(11(4)21(5,19)20)9-13-14(15)10(3)17-18(13)7-2/h11-12,16H,6-9H2,1-5H3. The van der Waals surface area contributed by atoms with Crippen LogP contribution in [-0.4, -0.2) is 42.3 Å². The van der Waals surface area contributed by atoms with E-state index in [-0.39, 0.29) is 6.04 Å². The Labute approximate surface area is 133 Å². The molecule has 0 fully saturated rings. The number of aryl methyl sites for hydroxylation is 2. The molecule has 0 aliphatic rings. The molecular formula is C14H26ClN3O2S. The van der Waals surface area contributed by atoms with Gasteiger partial charge in [0.1, 0.15) is 0 Å². The fraction of sp³-hybridized carbons (Fsp3) is 0.786. The number of aromatic nitrogens is 2. The summed E-state index contributed by atoms with van der Waals surface area (Å²) in [6.45, 7) is 9.17. The van der Waals surface area contributed by atoms with E-state index in [9.17, 15) is 8.42 Å². The van der Waals surface area contributed by atoms with Crippen LogP contribution in [0.1, 0.15) is 38.6 Å². The van der Waals surface area contributed by atoms with Crippen LogP contribution in [0.3, 0.4) is 0 Å². The number of halogens is 1. The average Bonchev–Trinajstić information content (AvgIpc) is 2.68. The van der Waals surface area contributed by atoms with Crippen LogP contribution in [0, 0.1) is 6.92 Å². The SMILES string of the molecule is CCCNC(Cc1c(Cl)c(C)nn1CC)C(C)S(C)(=O)=O. The molecule has 0 bridgehead atoms. The molecular weight excluding hydrogens is 310 g/mol. The fourth-order valence-corrected chi connectivity index (χ4v) is 3.31. The summed E-state index contributed by atoms with van der Waals surface area (Å²) in [6.07, 6.45) is 2.79. The lowest BCUT2D eigenvalue weighted by molar-refractivity contribution is 0.466. The molecule has 1 heterocycles. The predicted octanol–water partition coefficient (Wildman–Crippen LogP) is 2.21. The van der Waals surface area contributed by atoms with Crippen molar-refractivity contribution < 1.29 is 8.42 Å². The second-order valence-electron chi connectivity index (χ2n) is 5.46. The first-order valence-electron chi connectivity index (χ1n) is 7.36. The third kappa shape index (κ3) is 4.69. The Kier molecular flexibility index (Phi) is 6.69. The summed E-state index contributed by atoms with van der Waals surface area (Å²) in [7, 11) is -3.11. The largest absolute Gasteiger partial charge is 0.312 e. The van der Waals surface area contributed by atoms with E-state index in [0.717, 1.165) is 30.9 Å². The highest BCUT2D eigenvalue weighted by molar-refractivity contribution is 7.91. The number of hydrogen-bond acceptors (Lipinski definition) is 4. The molecule has 21 heavy (non-hydrogen) atoms. The molecule has 0 spiro atoms. The van der Waals surface area contributed by atoms with Crippen molar-refractivity contribution in [2.75, 3.05) is 12.8 Å². The van der Waals surface area contributed by atoms with Crippen LogP contribution in [0.5, 0.6) is 0 Å². The Balaban J connectivity index is 3.06. The van der Waals surface area contributed by atoms with Gasteiger partial charge >= 0.3 is 0 Å². The number of hydrogen-bond donors (Lipinski definition) is 1. The monoisotopic (exact) mass is 335 g/mol. The summed E-state index contributed by atoms with van der Waals surface area (Å²) in [4.78, 5) is 0. The first-order valence-corrected chi connectivity index (χ1v) is 9.69. The van der Waals surface area contributed by atoms with Crippen molar-refractivity contribution in [2.24, 2.45) is 0 Å². The van der Waals surface area contributed by atoms with Gasteiger partial charge in [-0.3, -0.25) is 4.68 Å². The topological polar surface area (TPSA) is 64.0 Å². The normalized spacial score (nSPS) is 15.1. The third-order valence-corrected chi connectivity index (χ3v) is 5.94. The summed E-state index contributed by atoms with van der Waals surface area (Å²) in [5.41, 5.74) is 1.69. The Hall–Kier alpha value is -0.590. The summed E-state index contributed by atoms with van der Waals surface area (Å²) < 4.78 is 25.6. The zero-order valence-electron chi connectivity index (χ0n) is 13.5. The Bertz CT molecular complexity index is 569. The molecule has 7 heteroatoms. The molecule has 0 aliphatic heterocycles. The molecule has 1 N–H and O–H groups in total. The molecule has 2 unspecified atom stereocenters. The van der Waals surface area contributed by atoms with Gasteiger partial charge < -0.3 is 5.32 Å². The second-order valence-corrected chi connectivity index (χ2v) is 8.24. The predicted molar refractivity (Wildman–Crippen MR) is 87.7 cm³/mol. The molecule has 0 aliphatic carbocycles. The van der Waals surface area contributed by atoms with Gasteiger partial charge in [-0.2, -0.15) is 5.10 Å². The maximum atomic E-state index is 11.9. The van der Waals surface area contributed by atoms with Gasteiger partial charge in [-0.15, -0.1) is 0 Å². The van der Waals surface area contributed by atoms with Crippen LogP contribution in [0.2, 0.25) is 5.02 Å².